The van der Waals surface area contributed by atoms with E-state index < -0.39 is 0 Å². The molecule has 0 amide bonds. The van der Waals surface area contributed by atoms with Crippen LogP contribution in [0.4, 0.5) is 17.8 Å². The van der Waals surface area contributed by atoms with Crippen molar-refractivity contribution < 1.29 is 0 Å². The number of hydrogen-bond donors (Lipinski definition) is 2. The Bertz CT molecular complexity index is 425. The maximum Gasteiger partial charge on any atom is 0.231 e. The van der Waals surface area contributed by atoms with Gasteiger partial charge < -0.3 is 15.5 Å². The van der Waals surface area contributed by atoms with Gasteiger partial charge in [0.25, 0.3) is 0 Å². The zero-order valence-corrected chi connectivity index (χ0v) is 11.5. The maximum atomic E-state index is 4.58. The molecule has 6 nitrogen and oxygen atoms in total. The van der Waals surface area contributed by atoms with Crippen molar-refractivity contribution in [1.82, 2.24) is 15.0 Å². The Morgan fingerprint density at radius 2 is 1.68 bits per heavy atom. The number of hydrogen-bond acceptors (Lipinski definition) is 6. The predicted octanol–water partition coefficient (Wildman–Crippen LogP) is 1.87. The molecule has 1 saturated heterocycles. The fraction of sp³-hybridized carbons (Fsp3) is 0.769. The van der Waals surface area contributed by atoms with E-state index in [0.717, 1.165) is 19.0 Å². The van der Waals surface area contributed by atoms with Crippen molar-refractivity contribution in [2.24, 2.45) is 0 Å². The number of aromatic nitrogens is 3. The Morgan fingerprint density at radius 3 is 2.32 bits per heavy atom. The summed E-state index contributed by atoms with van der Waals surface area (Å²) in [7, 11) is 1.85. The first-order valence-electron chi connectivity index (χ1n) is 7.30. The molecule has 1 aliphatic carbocycles. The minimum atomic E-state index is 0.543. The van der Waals surface area contributed by atoms with Gasteiger partial charge >= 0.3 is 0 Å². The second-order valence-electron chi connectivity index (χ2n) is 5.35. The second kappa shape index (κ2) is 5.59. The van der Waals surface area contributed by atoms with E-state index in [1.165, 1.54) is 38.5 Å². The van der Waals surface area contributed by atoms with Crippen LogP contribution in [0, 0.1) is 0 Å². The molecule has 1 aromatic heterocycles. The van der Waals surface area contributed by atoms with Crippen molar-refractivity contribution in [3.05, 3.63) is 0 Å². The number of piperidine rings is 1. The highest BCUT2D eigenvalue weighted by atomic mass is 15.3. The molecular formula is C13H22N6. The van der Waals surface area contributed by atoms with Gasteiger partial charge in [0.15, 0.2) is 0 Å². The highest BCUT2D eigenvalue weighted by molar-refractivity contribution is 5.44. The third-order valence-corrected chi connectivity index (χ3v) is 3.92. The SMILES string of the molecule is CNc1nc(NC2CCC2)nc(N2CCCCC2)n1. The smallest absolute Gasteiger partial charge is 0.231 e. The minimum Gasteiger partial charge on any atom is -0.357 e. The molecule has 0 unspecified atom stereocenters. The molecule has 2 N–H and O–H groups in total. The zero-order valence-electron chi connectivity index (χ0n) is 11.5. The first-order valence-corrected chi connectivity index (χ1v) is 7.30. The molecule has 2 fully saturated rings. The van der Waals surface area contributed by atoms with E-state index in [1.807, 2.05) is 7.05 Å². The van der Waals surface area contributed by atoms with E-state index in [4.69, 9.17) is 0 Å². The topological polar surface area (TPSA) is 66.0 Å². The average Bonchev–Trinajstić information content (AvgIpc) is 2.43. The van der Waals surface area contributed by atoms with Crippen LogP contribution in [0.2, 0.25) is 0 Å². The molecule has 0 radical (unpaired) electrons. The molecule has 1 aromatic rings. The summed E-state index contributed by atoms with van der Waals surface area (Å²) in [5, 5.41) is 6.43. The molecule has 0 spiro atoms. The first kappa shape index (κ1) is 12.4. The number of nitrogens with one attached hydrogen (secondary N) is 2. The van der Waals surface area contributed by atoms with Crippen molar-refractivity contribution in [3.8, 4) is 0 Å². The molecule has 104 valence electrons. The van der Waals surface area contributed by atoms with Crippen molar-refractivity contribution in [3.63, 3.8) is 0 Å². The third-order valence-electron chi connectivity index (χ3n) is 3.92. The molecule has 6 heteroatoms. The van der Waals surface area contributed by atoms with Gasteiger partial charge in [0, 0.05) is 26.2 Å². The quantitative estimate of drug-likeness (QED) is 0.863. The van der Waals surface area contributed by atoms with Gasteiger partial charge in [-0.05, 0) is 38.5 Å². The van der Waals surface area contributed by atoms with Crippen LogP contribution >= 0.6 is 0 Å². The summed E-state index contributed by atoms with van der Waals surface area (Å²) in [5.41, 5.74) is 0. The van der Waals surface area contributed by atoms with Gasteiger partial charge in [-0.1, -0.05) is 0 Å². The molecule has 1 aliphatic heterocycles. The highest BCUT2D eigenvalue weighted by Crippen LogP contribution is 2.23. The molecule has 19 heavy (non-hydrogen) atoms. The lowest BCUT2D eigenvalue weighted by Crippen LogP contribution is -2.32. The van der Waals surface area contributed by atoms with E-state index in [1.54, 1.807) is 0 Å². The lowest BCUT2D eigenvalue weighted by atomic mass is 9.93. The summed E-state index contributed by atoms with van der Waals surface area (Å²) in [6, 6.07) is 0.543. The molecule has 0 bridgehead atoms. The van der Waals surface area contributed by atoms with E-state index in [-0.39, 0.29) is 0 Å². The monoisotopic (exact) mass is 262 g/mol. The largest absolute Gasteiger partial charge is 0.357 e. The Morgan fingerprint density at radius 1 is 0.947 bits per heavy atom. The van der Waals surface area contributed by atoms with Gasteiger partial charge in [-0.25, -0.2) is 0 Å². The Hall–Kier alpha value is -1.59. The molecule has 0 atom stereocenters. The van der Waals surface area contributed by atoms with Crippen molar-refractivity contribution in [2.75, 3.05) is 35.7 Å². The summed E-state index contributed by atoms with van der Waals surface area (Å²) in [4.78, 5) is 15.7. The van der Waals surface area contributed by atoms with E-state index in [9.17, 15) is 0 Å². The lowest BCUT2D eigenvalue weighted by Gasteiger charge is -2.29. The normalized spacial score (nSPS) is 19.9. The summed E-state index contributed by atoms with van der Waals surface area (Å²) in [6.07, 6.45) is 7.52. The van der Waals surface area contributed by atoms with Crippen LogP contribution in [0.1, 0.15) is 38.5 Å². The summed E-state index contributed by atoms with van der Waals surface area (Å²) < 4.78 is 0. The first-order chi connectivity index (χ1) is 9.35. The molecular weight excluding hydrogens is 240 g/mol. The summed E-state index contributed by atoms with van der Waals surface area (Å²) in [6.45, 7) is 2.10. The van der Waals surface area contributed by atoms with E-state index in [0.29, 0.717) is 17.9 Å². The van der Waals surface area contributed by atoms with Crippen LogP contribution in [0.5, 0.6) is 0 Å². The van der Waals surface area contributed by atoms with Crippen molar-refractivity contribution in [2.45, 2.75) is 44.6 Å². The fourth-order valence-corrected chi connectivity index (χ4v) is 2.51. The zero-order chi connectivity index (χ0) is 13.1. The average molecular weight is 262 g/mol. The van der Waals surface area contributed by atoms with Crippen LogP contribution in [-0.4, -0.2) is 41.1 Å². The van der Waals surface area contributed by atoms with E-state index in [2.05, 4.69) is 30.5 Å². The van der Waals surface area contributed by atoms with Crippen LogP contribution in [0.3, 0.4) is 0 Å². The molecule has 1 saturated carbocycles. The van der Waals surface area contributed by atoms with Gasteiger partial charge in [-0.15, -0.1) is 0 Å². The van der Waals surface area contributed by atoms with E-state index >= 15 is 0 Å². The number of nitrogens with zero attached hydrogens (tertiary/aromatic N) is 4. The maximum absolute atomic E-state index is 4.58. The Balaban J connectivity index is 1.78. The van der Waals surface area contributed by atoms with Crippen LogP contribution in [0.15, 0.2) is 0 Å². The second-order valence-corrected chi connectivity index (χ2v) is 5.35. The fourth-order valence-electron chi connectivity index (χ4n) is 2.51. The molecule has 2 aliphatic rings. The molecule has 3 rings (SSSR count). The number of rotatable bonds is 4. The Kier molecular flexibility index (Phi) is 3.66. The van der Waals surface area contributed by atoms with Gasteiger partial charge in [0.1, 0.15) is 0 Å². The highest BCUT2D eigenvalue weighted by Gasteiger charge is 2.20. The standard InChI is InChI=1S/C13H22N6/c1-14-11-16-12(15-10-6-5-7-10)18-13(17-11)19-8-3-2-4-9-19/h10H,2-9H2,1H3,(H2,14,15,16,17,18). The van der Waals surface area contributed by atoms with Gasteiger partial charge in [0.2, 0.25) is 17.8 Å². The molecule has 2 heterocycles. The molecule has 0 aromatic carbocycles. The van der Waals surface area contributed by atoms with Gasteiger partial charge in [-0.3, -0.25) is 0 Å². The van der Waals surface area contributed by atoms with Gasteiger partial charge in [-0.2, -0.15) is 15.0 Å². The summed E-state index contributed by atoms with van der Waals surface area (Å²) >= 11 is 0. The van der Waals surface area contributed by atoms with Crippen molar-refractivity contribution >= 4 is 17.8 Å². The predicted molar refractivity (Wildman–Crippen MR) is 76.7 cm³/mol. The van der Waals surface area contributed by atoms with Crippen LogP contribution in [-0.2, 0) is 0 Å². The van der Waals surface area contributed by atoms with Crippen LogP contribution < -0.4 is 15.5 Å². The van der Waals surface area contributed by atoms with Crippen LogP contribution in [0.25, 0.3) is 0 Å². The van der Waals surface area contributed by atoms with Gasteiger partial charge in [0.05, 0.1) is 0 Å². The third kappa shape index (κ3) is 2.88. The van der Waals surface area contributed by atoms with Crippen molar-refractivity contribution in [1.29, 1.82) is 0 Å². The summed E-state index contributed by atoms with van der Waals surface area (Å²) in [5.74, 6) is 2.17. The number of anilines is 3. The minimum absolute atomic E-state index is 0.543. The lowest BCUT2D eigenvalue weighted by molar-refractivity contribution is 0.443. The Labute approximate surface area is 114 Å².